The topological polar surface area (TPSA) is 27.1 Å². The molecule has 0 amide bonds. The molecule has 0 aromatic carbocycles. The minimum Gasteiger partial charge on any atom is -0.372 e. The van der Waals surface area contributed by atoms with Crippen LogP contribution < -0.4 is 0 Å². The zero-order valence-corrected chi connectivity index (χ0v) is 10.5. The summed E-state index contributed by atoms with van der Waals surface area (Å²) in [4.78, 5) is 0. The molecule has 3 nitrogen and oxygen atoms in total. The van der Waals surface area contributed by atoms with Crippen molar-refractivity contribution in [2.75, 3.05) is 0 Å². The SMILES string of the molecule is CC[C@H](C)OCc1nn(CC)cc1Br. The van der Waals surface area contributed by atoms with Crippen molar-refractivity contribution in [2.24, 2.45) is 0 Å². The van der Waals surface area contributed by atoms with Crippen LogP contribution in [0.5, 0.6) is 0 Å². The first kappa shape index (κ1) is 11.7. The highest BCUT2D eigenvalue weighted by Gasteiger charge is 2.07. The molecule has 0 radical (unpaired) electrons. The lowest BCUT2D eigenvalue weighted by atomic mass is 10.3. The molecule has 0 saturated carbocycles. The maximum Gasteiger partial charge on any atom is 0.102 e. The van der Waals surface area contributed by atoms with E-state index < -0.39 is 0 Å². The Morgan fingerprint density at radius 2 is 2.29 bits per heavy atom. The van der Waals surface area contributed by atoms with E-state index in [0.29, 0.717) is 12.7 Å². The lowest BCUT2D eigenvalue weighted by Gasteiger charge is -2.08. The molecule has 0 aliphatic carbocycles. The molecule has 0 N–H and O–H groups in total. The van der Waals surface area contributed by atoms with Crippen molar-refractivity contribution in [3.05, 3.63) is 16.4 Å². The van der Waals surface area contributed by atoms with Gasteiger partial charge in [-0.05, 0) is 36.2 Å². The molecule has 4 heteroatoms. The van der Waals surface area contributed by atoms with Crippen molar-refractivity contribution in [3.8, 4) is 0 Å². The summed E-state index contributed by atoms with van der Waals surface area (Å²) in [7, 11) is 0. The van der Waals surface area contributed by atoms with E-state index in [1.54, 1.807) is 0 Å². The molecule has 0 spiro atoms. The number of hydrogen-bond donors (Lipinski definition) is 0. The van der Waals surface area contributed by atoms with Crippen LogP contribution in [0.4, 0.5) is 0 Å². The monoisotopic (exact) mass is 260 g/mol. The van der Waals surface area contributed by atoms with Crippen LogP contribution in [0.3, 0.4) is 0 Å². The Labute approximate surface area is 93.6 Å². The van der Waals surface area contributed by atoms with Crippen molar-refractivity contribution in [1.82, 2.24) is 9.78 Å². The smallest absolute Gasteiger partial charge is 0.102 e. The van der Waals surface area contributed by atoms with Crippen molar-refractivity contribution in [2.45, 2.75) is 46.4 Å². The van der Waals surface area contributed by atoms with Crippen LogP contribution in [0.2, 0.25) is 0 Å². The van der Waals surface area contributed by atoms with E-state index in [9.17, 15) is 0 Å². The number of hydrogen-bond acceptors (Lipinski definition) is 2. The number of aromatic nitrogens is 2. The lowest BCUT2D eigenvalue weighted by molar-refractivity contribution is 0.0483. The molecule has 0 bridgehead atoms. The Hall–Kier alpha value is -0.350. The molecule has 1 aromatic rings. The van der Waals surface area contributed by atoms with Gasteiger partial charge in [-0.3, -0.25) is 4.68 Å². The molecule has 0 saturated heterocycles. The number of aryl methyl sites for hydroxylation is 1. The summed E-state index contributed by atoms with van der Waals surface area (Å²) >= 11 is 3.47. The van der Waals surface area contributed by atoms with Crippen LogP contribution in [0.1, 0.15) is 32.9 Å². The van der Waals surface area contributed by atoms with Crippen LogP contribution in [0.25, 0.3) is 0 Å². The first-order chi connectivity index (χ1) is 6.67. The van der Waals surface area contributed by atoms with Gasteiger partial charge in [0.1, 0.15) is 5.69 Å². The molecule has 1 aromatic heterocycles. The quantitative estimate of drug-likeness (QED) is 0.814. The zero-order chi connectivity index (χ0) is 10.6. The molecular weight excluding hydrogens is 244 g/mol. The summed E-state index contributed by atoms with van der Waals surface area (Å²) in [5.74, 6) is 0. The van der Waals surface area contributed by atoms with Gasteiger partial charge in [0.2, 0.25) is 0 Å². The van der Waals surface area contributed by atoms with Crippen molar-refractivity contribution >= 4 is 15.9 Å². The number of ether oxygens (including phenoxy) is 1. The summed E-state index contributed by atoms with van der Waals surface area (Å²) in [6.45, 7) is 7.73. The highest BCUT2D eigenvalue weighted by atomic mass is 79.9. The minimum atomic E-state index is 0.300. The van der Waals surface area contributed by atoms with Gasteiger partial charge in [0.25, 0.3) is 0 Å². The lowest BCUT2D eigenvalue weighted by Crippen LogP contribution is -2.07. The van der Waals surface area contributed by atoms with E-state index in [4.69, 9.17) is 4.74 Å². The summed E-state index contributed by atoms with van der Waals surface area (Å²) in [5.41, 5.74) is 0.979. The largest absolute Gasteiger partial charge is 0.372 e. The number of nitrogens with zero attached hydrogens (tertiary/aromatic N) is 2. The number of rotatable bonds is 5. The Bertz CT molecular complexity index is 286. The molecule has 0 unspecified atom stereocenters. The van der Waals surface area contributed by atoms with Gasteiger partial charge >= 0.3 is 0 Å². The fourth-order valence-corrected chi connectivity index (χ4v) is 1.47. The fraction of sp³-hybridized carbons (Fsp3) is 0.700. The second kappa shape index (κ2) is 5.51. The van der Waals surface area contributed by atoms with E-state index in [-0.39, 0.29) is 0 Å². The Kier molecular flexibility index (Phi) is 4.62. The van der Waals surface area contributed by atoms with Gasteiger partial charge in [-0.2, -0.15) is 5.10 Å². The van der Waals surface area contributed by atoms with Gasteiger partial charge in [-0.15, -0.1) is 0 Å². The third-order valence-corrected chi connectivity index (χ3v) is 2.85. The Morgan fingerprint density at radius 1 is 1.57 bits per heavy atom. The van der Waals surface area contributed by atoms with Gasteiger partial charge in [0, 0.05) is 12.7 Å². The summed E-state index contributed by atoms with van der Waals surface area (Å²) in [5, 5.41) is 4.38. The van der Waals surface area contributed by atoms with Gasteiger partial charge < -0.3 is 4.74 Å². The average Bonchev–Trinajstić information content (AvgIpc) is 2.55. The van der Waals surface area contributed by atoms with Gasteiger partial charge in [0.05, 0.1) is 17.2 Å². The molecule has 0 aliphatic heterocycles. The van der Waals surface area contributed by atoms with E-state index in [2.05, 4.69) is 41.8 Å². The summed E-state index contributed by atoms with van der Waals surface area (Å²) < 4.78 is 8.54. The fourth-order valence-electron chi connectivity index (χ4n) is 1.04. The maximum absolute atomic E-state index is 5.61. The van der Waals surface area contributed by atoms with Crippen molar-refractivity contribution in [1.29, 1.82) is 0 Å². The summed E-state index contributed by atoms with van der Waals surface area (Å²) in [6, 6.07) is 0. The molecular formula is C10H17BrN2O. The van der Waals surface area contributed by atoms with E-state index in [1.165, 1.54) is 0 Å². The molecule has 0 fully saturated rings. The highest BCUT2D eigenvalue weighted by molar-refractivity contribution is 9.10. The first-order valence-electron chi connectivity index (χ1n) is 5.00. The molecule has 1 atom stereocenters. The van der Waals surface area contributed by atoms with Crippen LogP contribution in [-0.4, -0.2) is 15.9 Å². The predicted molar refractivity (Wildman–Crippen MR) is 60.1 cm³/mol. The second-order valence-electron chi connectivity index (χ2n) is 3.31. The van der Waals surface area contributed by atoms with Crippen LogP contribution >= 0.6 is 15.9 Å². The van der Waals surface area contributed by atoms with Crippen molar-refractivity contribution in [3.63, 3.8) is 0 Å². The van der Waals surface area contributed by atoms with Gasteiger partial charge in [-0.25, -0.2) is 0 Å². The molecule has 0 aliphatic rings. The Balaban J connectivity index is 2.53. The van der Waals surface area contributed by atoms with E-state index in [0.717, 1.165) is 23.1 Å². The minimum absolute atomic E-state index is 0.300. The molecule has 1 rings (SSSR count). The normalized spacial score (nSPS) is 13.1. The third-order valence-electron chi connectivity index (χ3n) is 2.19. The molecule has 80 valence electrons. The van der Waals surface area contributed by atoms with Crippen LogP contribution in [0.15, 0.2) is 10.7 Å². The standard InChI is InChI=1S/C10H17BrN2O/c1-4-8(3)14-7-10-9(11)6-13(5-2)12-10/h6,8H,4-5,7H2,1-3H3/t8-/m0/s1. The van der Waals surface area contributed by atoms with Gasteiger partial charge in [0.15, 0.2) is 0 Å². The van der Waals surface area contributed by atoms with Crippen molar-refractivity contribution < 1.29 is 4.74 Å². The Morgan fingerprint density at radius 3 is 2.79 bits per heavy atom. The van der Waals surface area contributed by atoms with Gasteiger partial charge in [-0.1, -0.05) is 6.92 Å². The highest BCUT2D eigenvalue weighted by Crippen LogP contribution is 2.16. The predicted octanol–water partition coefficient (Wildman–Crippen LogP) is 2.98. The summed E-state index contributed by atoms with van der Waals surface area (Å²) in [6.07, 6.45) is 3.31. The first-order valence-corrected chi connectivity index (χ1v) is 5.80. The average molecular weight is 261 g/mol. The van der Waals surface area contributed by atoms with Crippen LogP contribution in [-0.2, 0) is 17.9 Å². The molecule has 14 heavy (non-hydrogen) atoms. The van der Waals surface area contributed by atoms with E-state index >= 15 is 0 Å². The maximum atomic E-state index is 5.61. The third kappa shape index (κ3) is 3.10. The van der Waals surface area contributed by atoms with E-state index in [1.807, 2.05) is 10.9 Å². The zero-order valence-electron chi connectivity index (χ0n) is 8.96. The van der Waals surface area contributed by atoms with Crippen LogP contribution in [0, 0.1) is 0 Å². The number of halogens is 1. The molecule has 1 heterocycles. The second-order valence-corrected chi connectivity index (χ2v) is 4.16.